The summed E-state index contributed by atoms with van der Waals surface area (Å²) in [7, 11) is 1.36. The van der Waals surface area contributed by atoms with Crippen molar-refractivity contribution in [1.82, 2.24) is 30.3 Å². The molecular formula is C27H35F4N7O4. The highest BCUT2D eigenvalue weighted by atomic mass is 19.4. The second-order valence-corrected chi connectivity index (χ2v) is 10.9. The van der Waals surface area contributed by atoms with Crippen molar-refractivity contribution in [3.05, 3.63) is 41.9 Å². The van der Waals surface area contributed by atoms with Crippen LogP contribution in [0.4, 0.5) is 28.2 Å². The van der Waals surface area contributed by atoms with Gasteiger partial charge >= 0.3 is 12.2 Å². The molecule has 3 atom stereocenters. The molecule has 1 saturated carbocycles. The van der Waals surface area contributed by atoms with E-state index in [4.69, 9.17) is 4.74 Å². The summed E-state index contributed by atoms with van der Waals surface area (Å²) in [6, 6.07) is -0.347. The monoisotopic (exact) mass is 597 g/mol. The molecule has 2 aromatic heterocycles. The Morgan fingerprint density at radius 1 is 1.24 bits per heavy atom. The molecule has 3 N–H and O–H groups in total. The fourth-order valence-electron chi connectivity index (χ4n) is 5.43. The van der Waals surface area contributed by atoms with Gasteiger partial charge in [-0.1, -0.05) is 0 Å². The molecule has 11 nitrogen and oxygen atoms in total. The molecule has 0 aromatic carbocycles. The lowest BCUT2D eigenvalue weighted by Crippen LogP contribution is -2.50. The average Bonchev–Trinajstić information content (AvgIpc) is 3.57. The Bertz CT molecular complexity index is 1280. The number of hydrogen-bond donors (Lipinski definition) is 3. The first-order valence-corrected chi connectivity index (χ1v) is 13.7. The zero-order valence-electron chi connectivity index (χ0n) is 23.6. The fourth-order valence-corrected chi connectivity index (χ4v) is 5.43. The first-order chi connectivity index (χ1) is 19.8. The minimum Gasteiger partial charge on any atom is -0.382 e. The van der Waals surface area contributed by atoms with Crippen molar-refractivity contribution < 1.29 is 36.7 Å². The molecule has 0 radical (unpaired) electrons. The number of rotatable bonds is 10. The number of aryl methyl sites for hydroxylation is 1. The highest BCUT2D eigenvalue weighted by Gasteiger charge is 2.48. The molecule has 4 rings (SSSR count). The molecule has 15 heteroatoms. The number of pyridine rings is 1. The third-order valence-electron chi connectivity index (χ3n) is 7.82. The van der Waals surface area contributed by atoms with Crippen LogP contribution in [0.5, 0.6) is 0 Å². The molecule has 42 heavy (non-hydrogen) atoms. The Kier molecular flexibility index (Phi) is 9.38. The second kappa shape index (κ2) is 12.6. The van der Waals surface area contributed by atoms with Gasteiger partial charge in [0, 0.05) is 26.0 Å². The van der Waals surface area contributed by atoms with Gasteiger partial charge < -0.3 is 25.6 Å². The summed E-state index contributed by atoms with van der Waals surface area (Å²) >= 11 is 0. The van der Waals surface area contributed by atoms with E-state index in [0.29, 0.717) is 24.9 Å². The molecule has 3 heterocycles. The van der Waals surface area contributed by atoms with Gasteiger partial charge in [-0.2, -0.15) is 18.3 Å². The smallest absolute Gasteiger partial charge is 0.382 e. The van der Waals surface area contributed by atoms with Crippen LogP contribution in [0, 0.1) is 5.92 Å². The lowest BCUT2D eigenvalue weighted by atomic mass is 9.77. The van der Waals surface area contributed by atoms with E-state index < -0.39 is 54.4 Å². The van der Waals surface area contributed by atoms with E-state index in [1.807, 2.05) is 12.2 Å². The summed E-state index contributed by atoms with van der Waals surface area (Å²) in [6.07, 6.45) is -0.594. The molecule has 2 aliphatic rings. The van der Waals surface area contributed by atoms with Crippen LogP contribution in [0.25, 0.3) is 0 Å². The number of amides is 4. The SMILES string of the molecule is CCn1nccc1C(=O)NC(C(=O)Nc1cc([C@@H](COC)N2C[C@@H](C(F)(F)F)NC2=O)ccn1)C1CCC(C)(F)CC1. The lowest BCUT2D eigenvalue weighted by molar-refractivity contribution is -0.150. The fraction of sp³-hybridized carbons (Fsp3) is 0.593. The van der Waals surface area contributed by atoms with E-state index in [1.54, 1.807) is 0 Å². The molecule has 0 spiro atoms. The Hall–Kier alpha value is -3.75. The highest BCUT2D eigenvalue weighted by molar-refractivity contribution is 6.00. The van der Waals surface area contributed by atoms with Crippen LogP contribution in [0.3, 0.4) is 0 Å². The van der Waals surface area contributed by atoms with E-state index in [1.165, 1.54) is 49.3 Å². The normalized spacial score (nSPS) is 24.2. The minimum atomic E-state index is -4.62. The average molecular weight is 598 g/mol. The van der Waals surface area contributed by atoms with E-state index in [9.17, 15) is 31.9 Å². The molecule has 0 bridgehead atoms. The number of aromatic nitrogens is 3. The van der Waals surface area contributed by atoms with E-state index >= 15 is 0 Å². The van der Waals surface area contributed by atoms with Crippen LogP contribution in [0.2, 0.25) is 0 Å². The van der Waals surface area contributed by atoms with Crippen LogP contribution in [0.1, 0.15) is 61.6 Å². The maximum absolute atomic E-state index is 14.6. The molecule has 1 saturated heterocycles. The maximum Gasteiger partial charge on any atom is 0.410 e. The molecule has 2 fully saturated rings. The Labute approximate surface area is 240 Å². The summed E-state index contributed by atoms with van der Waals surface area (Å²) in [5, 5.41) is 11.5. The number of halogens is 4. The molecular weight excluding hydrogens is 562 g/mol. The minimum absolute atomic E-state index is 0.0644. The predicted octanol–water partition coefficient (Wildman–Crippen LogP) is 3.60. The van der Waals surface area contributed by atoms with Gasteiger partial charge in [-0.25, -0.2) is 14.2 Å². The zero-order valence-corrected chi connectivity index (χ0v) is 23.6. The summed E-state index contributed by atoms with van der Waals surface area (Å²) in [6.45, 7) is 3.05. The van der Waals surface area contributed by atoms with Gasteiger partial charge in [-0.15, -0.1) is 0 Å². The Balaban J connectivity index is 1.55. The molecule has 230 valence electrons. The standard InChI is InChI=1S/C27H35F4N7O4/c1-4-38-18(8-12-33-38)23(39)36-22(16-5-9-26(2,28)10-6-16)24(40)35-21-13-17(7-11-32-21)19(15-42-3)37-14-20(27(29,30)31)34-25(37)41/h7-8,11-13,16,19-20,22H,4-6,9-10,14-15H2,1-3H3,(H,34,41)(H,36,39)(H,32,35,40)/t16?,19-,20+,22?,26?/m1/s1. The van der Waals surface area contributed by atoms with E-state index in [-0.39, 0.29) is 36.9 Å². The number of alkyl halides is 4. The first kappa shape index (κ1) is 31.2. The largest absolute Gasteiger partial charge is 0.410 e. The van der Waals surface area contributed by atoms with Crippen molar-refractivity contribution in [3.63, 3.8) is 0 Å². The Morgan fingerprint density at radius 2 is 1.95 bits per heavy atom. The quantitative estimate of drug-likeness (QED) is 0.359. The van der Waals surface area contributed by atoms with Crippen LogP contribution >= 0.6 is 0 Å². The number of ether oxygens (including phenoxy) is 1. The number of nitrogens with one attached hydrogen (secondary N) is 3. The third-order valence-corrected chi connectivity index (χ3v) is 7.82. The van der Waals surface area contributed by atoms with Gasteiger partial charge in [0.2, 0.25) is 5.91 Å². The molecule has 1 unspecified atom stereocenters. The third kappa shape index (κ3) is 7.17. The van der Waals surface area contributed by atoms with Crippen molar-refractivity contribution >= 4 is 23.7 Å². The number of anilines is 1. The number of carbonyl (C=O) groups is 3. The van der Waals surface area contributed by atoms with Crippen molar-refractivity contribution in [1.29, 1.82) is 0 Å². The lowest BCUT2D eigenvalue weighted by Gasteiger charge is -2.35. The summed E-state index contributed by atoms with van der Waals surface area (Å²) in [5.74, 6) is -1.38. The first-order valence-electron chi connectivity index (χ1n) is 13.7. The highest BCUT2D eigenvalue weighted by Crippen LogP contribution is 2.37. The summed E-state index contributed by atoms with van der Waals surface area (Å²) in [4.78, 5) is 44.4. The van der Waals surface area contributed by atoms with Crippen LogP contribution in [-0.4, -0.2) is 81.7 Å². The number of hydrogen-bond acceptors (Lipinski definition) is 6. The number of nitrogens with zero attached hydrogens (tertiary/aromatic N) is 4. The van der Waals surface area contributed by atoms with Crippen molar-refractivity contribution in [3.8, 4) is 0 Å². The second-order valence-electron chi connectivity index (χ2n) is 10.9. The molecule has 1 aliphatic heterocycles. The van der Waals surface area contributed by atoms with Gasteiger partial charge in [-0.3, -0.25) is 14.3 Å². The number of urea groups is 1. The van der Waals surface area contributed by atoms with Gasteiger partial charge in [0.25, 0.3) is 5.91 Å². The number of methoxy groups -OCH3 is 1. The van der Waals surface area contributed by atoms with Gasteiger partial charge in [-0.05, 0) is 69.2 Å². The topological polar surface area (TPSA) is 130 Å². The van der Waals surface area contributed by atoms with Gasteiger partial charge in [0.15, 0.2) is 0 Å². The zero-order chi connectivity index (χ0) is 30.7. The van der Waals surface area contributed by atoms with E-state index in [2.05, 4.69) is 20.7 Å². The van der Waals surface area contributed by atoms with Crippen LogP contribution in [-0.2, 0) is 16.1 Å². The maximum atomic E-state index is 14.6. The molecule has 1 aliphatic carbocycles. The van der Waals surface area contributed by atoms with Gasteiger partial charge in [0.1, 0.15) is 29.3 Å². The molecule has 4 amide bonds. The van der Waals surface area contributed by atoms with Crippen LogP contribution < -0.4 is 16.0 Å². The summed E-state index contributed by atoms with van der Waals surface area (Å²) in [5.41, 5.74) is -0.704. The predicted molar refractivity (Wildman–Crippen MR) is 143 cm³/mol. The van der Waals surface area contributed by atoms with E-state index in [0.717, 1.165) is 4.90 Å². The molecule has 2 aromatic rings. The number of carbonyl (C=O) groups excluding carboxylic acids is 3. The summed E-state index contributed by atoms with van der Waals surface area (Å²) < 4.78 is 61.1. The Morgan fingerprint density at radius 3 is 2.57 bits per heavy atom. The van der Waals surface area contributed by atoms with Gasteiger partial charge in [0.05, 0.1) is 19.2 Å². The van der Waals surface area contributed by atoms with Crippen molar-refractivity contribution in [2.24, 2.45) is 5.92 Å². The van der Waals surface area contributed by atoms with Crippen molar-refractivity contribution in [2.75, 3.05) is 25.6 Å². The van der Waals surface area contributed by atoms with Crippen molar-refractivity contribution in [2.45, 2.75) is 76.0 Å². The van der Waals surface area contributed by atoms with Crippen LogP contribution in [0.15, 0.2) is 30.6 Å².